The molecule has 1 rings (SSSR count). The third kappa shape index (κ3) is 3.18. The molecule has 0 saturated heterocycles. The molecule has 6 heteroatoms. The molecule has 0 aromatic carbocycles. The summed E-state index contributed by atoms with van der Waals surface area (Å²) < 4.78 is 25.8. The van der Waals surface area contributed by atoms with Crippen LogP contribution in [0.15, 0.2) is 0 Å². The Balaban J connectivity index is 2.82. The molecule has 17 heavy (non-hydrogen) atoms. The van der Waals surface area contributed by atoms with Gasteiger partial charge in [0.25, 0.3) is 0 Å². The first-order valence-electron chi connectivity index (χ1n) is 6.09. The monoisotopic (exact) mass is 259 g/mol. The molecule has 1 aliphatic rings. The Morgan fingerprint density at radius 3 is 2.35 bits per heavy atom. The molecule has 1 aliphatic carbocycles. The number of rotatable bonds is 4. The van der Waals surface area contributed by atoms with Crippen molar-refractivity contribution in [1.29, 1.82) is 5.26 Å². The van der Waals surface area contributed by atoms with E-state index >= 15 is 0 Å². The molecule has 98 valence electrons. The van der Waals surface area contributed by atoms with E-state index in [9.17, 15) is 8.42 Å². The summed E-state index contributed by atoms with van der Waals surface area (Å²) >= 11 is 0. The van der Waals surface area contributed by atoms with Crippen LogP contribution >= 0.6 is 0 Å². The van der Waals surface area contributed by atoms with Crippen LogP contribution in [-0.4, -0.2) is 36.6 Å². The molecule has 0 bridgehead atoms. The SMILES string of the molecule is CCN(C1CCC(N)CC1)S(=O)(=O)C(C)C#N. The maximum atomic E-state index is 12.1. The predicted octanol–water partition coefficient (Wildman–Crippen LogP) is 0.820. The maximum Gasteiger partial charge on any atom is 0.230 e. The van der Waals surface area contributed by atoms with Gasteiger partial charge < -0.3 is 5.73 Å². The minimum atomic E-state index is -3.49. The first-order valence-corrected chi connectivity index (χ1v) is 7.59. The van der Waals surface area contributed by atoms with Crippen LogP contribution in [0.3, 0.4) is 0 Å². The Labute approximate surface area is 104 Å². The minimum absolute atomic E-state index is 0.0144. The van der Waals surface area contributed by atoms with E-state index in [0.29, 0.717) is 6.54 Å². The predicted molar refractivity (Wildman–Crippen MR) is 66.6 cm³/mol. The lowest BCUT2D eigenvalue weighted by Crippen LogP contribution is -2.46. The van der Waals surface area contributed by atoms with Crippen LogP contribution in [0, 0.1) is 11.3 Å². The van der Waals surface area contributed by atoms with Crippen LogP contribution in [0.1, 0.15) is 39.5 Å². The topological polar surface area (TPSA) is 87.2 Å². The van der Waals surface area contributed by atoms with Crippen molar-refractivity contribution in [3.63, 3.8) is 0 Å². The Hall–Kier alpha value is -0.640. The zero-order valence-corrected chi connectivity index (χ0v) is 11.3. The number of nitriles is 1. The van der Waals surface area contributed by atoms with Crippen molar-refractivity contribution in [2.45, 2.75) is 56.9 Å². The molecule has 5 nitrogen and oxygen atoms in total. The summed E-state index contributed by atoms with van der Waals surface area (Å²) in [6.07, 6.45) is 3.31. The highest BCUT2D eigenvalue weighted by Gasteiger charge is 2.34. The summed E-state index contributed by atoms with van der Waals surface area (Å²) in [5.41, 5.74) is 5.81. The second-order valence-corrected chi connectivity index (χ2v) is 6.79. The van der Waals surface area contributed by atoms with Gasteiger partial charge in [0.1, 0.15) is 0 Å². The molecule has 0 spiro atoms. The van der Waals surface area contributed by atoms with Gasteiger partial charge in [0.2, 0.25) is 10.0 Å². The Morgan fingerprint density at radius 1 is 1.41 bits per heavy atom. The fraction of sp³-hybridized carbons (Fsp3) is 0.909. The maximum absolute atomic E-state index is 12.1. The van der Waals surface area contributed by atoms with Crippen molar-refractivity contribution in [3.8, 4) is 6.07 Å². The summed E-state index contributed by atoms with van der Waals surface area (Å²) in [5, 5.41) is 7.81. The summed E-state index contributed by atoms with van der Waals surface area (Å²) in [4.78, 5) is 0. The lowest BCUT2D eigenvalue weighted by molar-refractivity contribution is 0.246. The van der Waals surface area contributed by atoms with Gasteiger partial charge in [0.15, 0.2) is 5.25 Å². The van der Waals surface area contributed by atoms with Gasteiger partial charge in [-0.1, -0.05) is 6.92 Å². The molecule has 1 fully saturated rings. The largest absolute Gasteiger partial charge is 0.328 e. The van der Waals surface area contributed by atoms with Gasteiger partial charge in [-0.15, -0.1) is 0 Å². The molecule has 0 radical (unpaired) electrons. The molecule has 1 saturated carbocycles. The van der Waals surface area contributed by atoms with Crippen LogP contribution in [0.2, 0.25) is 0 Å². The first kappa shape index (κ1) is 14.4. The second-order valence-electron chi connectivity index (χ2n) is 4.59. The highest BCUT2D eigenvalue weighted by molar-refractivity contribution is 7.90. The number of hydrogen-bond donors (Lipinski definition) is 1. The molecule has 0 aromatic heterocycles. The fourth-order valence-corrected chi connectivity index (χ4v) is 3.83. The molecule has 0 aliphatic heterocycles. The van der Waals surface area contributed by atoms with E-state index in [1.54, 1.807) is 0 Å². The Kier molecular flexibility index (Phi) is 4.92. The molecule has 0 aromatic rings. The lowest BCUT2D eigenvalue weighted by Gasteiger charge is -2.35. The number of hydrogen-bond acceptors (Lipinski definition) is 4. The summed E-state index contributed by atoms with van der Waals surface area (Å²) in [6.45, 7) is 3.68. The van der Waals surface area contributed by atoms with Crippen LogP contribution in [-0.2, 0) is 10.0 Å². The van der Waals surface area contributed by atoms with Crippen molar-refractivity contribution in [2.75, 3.05) is 6.54 Å². The van der Waals surface area contributed by atoms with Gasteiger partial charge >= 0.3 is 0 Å². The second kappa shape index (κ2) is 5.80. The highest BCUT2D eigenvalue weighted by Crippen LogP contribution is 2.25. The lowest BCUT2D eigenvalue weighted by atomic mass is 9.92. The molecule has 1 atom stereocenters. The average Bonchev–Trinajstić information content (AvgIpc) is 2.31. The standard InChI is InChI=1S/C11H21N3O2S/c1-3-14(17(15,16)9(2)8-12)11-6-4-10(13)5-7-11/h9-11H,3-7,13H2,1-2H3. The quantitative estimate of drug-likeness (QED) is 0.809. The highest BCUT2D eigenvalue weighted by atomic mass is 32.2. The molecular weight excluding hydrogens is 238 g/mol. The number of nitrogens with zero attached hydrogens (tertiary/aromatic N) is 2. The van der Waals surface area contributed by atoms with Crippen LogP contribution in [0.5, 0.6) is 0 Å². The molecule has 0 amide bonds. The van der Waals surface area contributed by atoms with Crippen molar-refractivity contribution < 1.29 is 8.42 Å². The van der Waals surface area contributed by atoms with E-state index < -0.39 is 15.3 Å². The van der Waals surface area contributed by atoms with Gasteiger partial charge in [0.05, 0.1) is 6.07 Å². The van der Waals surface area contributed by atoms with Gasteiger partial charge in [-0.3, -0.25) is 0 Å². The van der Waals surface area contributed by atoms with E-state index in [0.717, 1.165) is 25.7 Å². The van der Waals surface area contributed by atoms with Gasteiger partial charge in [0, 0.05) is 18.6 Å². The number of sulfonamides is 1. The van der Waals surface area contributed by atoms with Crippen molar-refractivity contribution in [1.82, 2.24) is 4.31 Å². The molecule has 0 heterocycles. The molecular formula is C11H21N3O2S. The molecule has 1 unspecified atom stereocenters. The smallest absolute Gasteiger partial charge is 0.230 e. The summed E-state index contributed by atoms with van der Waals surface area (Å²) in [5.74, 6) is 0. The van der Waals surface area contributed by atoms with E-state index in [1.807, 2.05) is 13.0 Å². The fourth-order valence-electron chi connectivity index (χ4n) is 2.31. The van der Waals surface area contributed by atoms with E-state index in [4.69, 9.17) is 11.0 Å². The zero-order valence-electron chi connectivity index (χ0n) is 10.5. The zero-order chi connectivity index (χ0) is 13.1. The van der Waals surface area contributed by atoms with E-state index in [1.165, 1.54) is 11.2 Å². The minimum Gasteiger partial charge on any atom is -0.328 e. The average molecular weight is 259 g/mol. The normalized spacial score (nSPS) is 27.7. The Morgan fingerprint density at radius 2 is 1.94 bits per heavy atom. The third-order valence-corrected chi connectivity index (χ3v) is 5.62. The summed E-state index contributed by atoms with van der Waals surface area (Å²) in [6, 6.07) is 2.02. The van der Waals surface area contributed by atoms with Crippen LogP contribution in [0.4, 0.5) is 0 Å². The van der Waals surface area contributed by atoms with Crippen molar-refractivity contribution >= 4 is 10.0 Å². The van der Waals surface area contributed by atoms with Gasteiger partial charge in [-0.2, -0.15) is 9.57 Å². The first-order chi connectivity index (χ1) is 7.93. The van der Waals surface area contributed by atoms with Crippen molar-refractivity contribution in [3.05, 3.63) is 0 Å². The summed E-state index contributed by atoms with van der Waals surface area (Å²) in [7, 11) is -3.49. The van der Waals surface area contributed by atoms with Crippen molar-refractivity contribution in [2.24, 2.45) is 5.73 Å². The van der Waals surface area contributed by atoms with Gasteiger partial charge in [-0.05, 0) is 32.6 Å². The van der Waals surface area contributed by atoms with Crippen LogP contribution in [0.25, 0.3) is 0 Å². The number of nitrogens with two attached hydrogens (primary N) is 1. The Bertz CT molecular complexity index is 380. The van der Waals surface area contributed by atoms with E-state index in [2.05, 4.69) is 0 Å². The molecule has 2 N–H and O–H groups in total. The van der Waals surface area contributed by atoms with E-state index in [-0.39, 0.29) is 12.1 Å². The van der Waals surface area contributed by atoms with Gasteiger partial charge in [-0.25, -0.2) is 8.42 Å². The van der Waals surface area contributed by atoms with Crippen LogP contribution < -0.4 is 5.73 Å². The third-order valence-electron chi connectivity index (χ3n) is 3.42.